The Morgan fingerprint density at radius 1 is 1.13 bits per heavy atom. The zero-order chi connectivity index (χ0) is 22.8. The van der Waals surface area contributed by atoms with Crippen molar-refractivity contribution >= 4 is 31.7 Å². The lowest BCUT2D eigenvalue weighted by molar-refractivity contribution is -0.160. The lowest BCUT2D eigenvalue weighted by atomic mass is 9.98. The van der Waals surface area contributed by atoms with Crippen molar-refractivity contribution in [3.05, 3.63) is 29.8 Å². The summed E-state index contributed by atoms with van der Waals surface area (Å²) in [6, 6.07) is 6.16. The zero-order valence-corrected chi connectivity index (χ0v) is 19.2. The van der Waals surface area contributed by atoms with E-state index in [0.717, 1.165) is 5.56 Å². The minimum absolute atomic E-state index is 0.0379. The Bertz CT molecular complexity index is 1030. The van der Waals surface area contributed by atoms with Crippen molar-refractivity contribution in [2.75, 3.05) is 24.6 Å². The van der Waals surface area contributed by atoms with Crippen LogP contribution in [-0.4, -0.2) is 69.8 Å². The van der Waals surface area contributed by atoms with Crippen LogP contribution in [0.25, 0.3) is 0 Å². The normalized spacial score (nSPS) is 23.2. The maximum absolute atomic E-state index is 12.8. The molecule has 0 aromatic heterocycles. The van der Waals surface area contributed by atoms with Gasteiger partial charge in [-0.15, -0.1) is 0 Å². The molecule has 31 heavy (non-hydrogen) atoms. The third-order valence-corrected chi connectivity index (χ3v) is 9.37. The summed E-state index contributed by atoms with van der Waals surface area (Å²) in [5.41, 5.74) is 0.966. The molecule has 0 spiro atoms. The van der Waals surface area contributed by atoms with Gasteiger partial charge in [-0.25, -0.2) is 16.8 Å². The van der Waals surface area contributed by atoms with Crippen LogP contribution in [-0.2, 0) is 34.2 Å². The molecule has 1 aromatic carbocycles. The van der Waals surface area contributed by atoms with Crippen LogP contribution in [0.1, 0.15) is 31.7 Å². The Morgan fingerprint density at radius 3 is 2.29 bits per heavy atom. The first-order valence-electron chi connectivity index (χ1n) is 10.3. The molecular formula is C20H28N2O7S2. The summed E-state index contributed by atoms with van der Waals surface area (Å²) in [6.07, 6.45) is -0.0916. The number of ether oxygens (including phenoxy) is 1. The van der Waals surface area contributed by atoms with Crippen LogP contribution in [0, 0.1) is 12.8 Å². The smallest absolute Gasteiger partial charge is 0.309 e. The Hall–Kier alpha value is -1.98. The maximum atomic E-state index is 12.8. The summed E-state index contributed by atoms with van der Waals surface area (Å²) >= 11 is 0. The second kappa shape index (κ2) is 9.25. The van der Waals surface area contributed by atoms with Crippen molar-refractivity contribution < 1.29 is 31.2 Å². The lowest BCUT2D eigenvalue weighted by Gasteiger charge is -2.30. The number of aryl methyl sites for hydroxylation is 1. The molecule has 0 bridgehead atoms. The van der Waals surface area contributed by atoms with Gasteiger partial charge in [0.1, 0.15) is 0 Å². The molecule has 1 amide bonds. The van der Waals surface area contributed by atoms with Gasteiger partial charge in [-0.2, -0.15) is 4.31 Å². The summed E-state index contributed by atoms with van der Waals surface area (Å²) in [7, 11) is -6.74. The molecule has 0 aliphatic carbocycles. The van der Waals surface area contributed by atoms with Crippen LogP contribution in [0.2, 0.25) is 0 Å². The second-order valence-corrected chi connectivity index (χ2v) is 12.3. The van der Waals surface area contributed by atoms with E-state index in [4.69, 9.17) is 4.74 Å². The van der Waals surface area contributed by atoms with Gasteiger partial charge in [-0.05, 0) is 45.2 Å². The highest BCUT2D eigenvalue weighted by Gasteiger charge is 2.35. The van der Waals surface area contributed by atoms with Gasteiger partial charge in [0.05, 0.1) is 22.3 Å². The third kappa shape index (κ3) is 5.83. The van der Waals surface area contributed by atoms with E-state index in [9.17, 15) is 26.4 Å². The molecule has 0 unspecified atom stereocenters. The van der Waals surface area contributed by atoms with Crippen LogP contribution in [0.4, 0.5) is 0 Å². The monoisotopic (exact) mass is 472 g/mol. The van der Waals surface area contributed by atoms with E-state index >= 15 is 0 Å². The van der Waals surface area contributed by atoms with E-state index in [0.29, 0.717) is 19.3 Å². The van der Waals surface area contributed by atoms with Crippen molar-refractivity contribution in [2.24, 2.45) is 5.92 Å². The number of sulfonamides is 1. The minimum atomic E-state index is -3.62. The molecule has 11 heteroatoms. The lowest BCUT2D eigenvalue weighted by Crippen LogP contribution is -2.44. The van der Waals surface area contributed by atoms with Gasteiger partial charge < -0.3 is 10.1 Å². The first kappa shape index (κ1) is 23.7. The predicted octanol–water partition coefficient (Wildman–Crippen LogP) is 0.631. The SMILES string of the molecule is Cc1ccc(S(=O)(=O)N2CCC(C(=O)O[C@H](C)C(=O)N[C@H]3CCS(=O)(=O)C3)CC2)cc1. The van der Waals surface area contributed by atoms with E-state index in [1.807, 2.05) is 6.92 Å². The Kier molecular flexibility index (Phi) is 7.07. The number of nitrogens with one attached hydrogen (secondary N) is 1. The van der Waals surface area contributed by atoms with Crippen LogP contribution in [0.15, 0.2) is 29.2 Å². The first-order valence-corrected chi connectivity index (χ1v) is 13.5. The van der Waals surface area contributed by atoms with E-state index in [1.54, 1.807) is 24.3 Å². The molecule has 172 valence electrons. The molecular weight excluding hydrogens is 444 g/mol. The number of carbonyl (C=O) groups is 2. The van der Waals surface area contributed by atoms with Gasteiger partial charge in [-0.1, -0.05) is 17.7 Å². The van der Waals surface area contributed by atoms with E-state index in [2.05, 4.69) is 5.32 Å². The zero-order valence-electron chi connectivity index (χ0n) is 17.6. The molecule has 3 rings (SSSR count). The highest BCUT2D eigenvalue weighted by molar-refractivity contribution is 7.91. The first-order chi connectivity index (χ1) is 14.5. The quantitative estimate of drug-likeness (QED) is 0.602. The topological polar surface area (TPSA) is 127 Å². The van der Waals surface area contributed by atoms with Gasteiger partial charge >= 0.3 is 5.97 Å². The molecule has 2 aliphatic rings. The van der Waals surface area contributed by atoms with Crippen molar-refractivity contribution in [1.82, 2.24) is 9.62 Å². The molecule has 2 heterocycles. The Labute approximate surface area is 183 Å². The fourth-order valence-electron chi connectivity index (χ4n) is 3.74. The van der Waals surface area contributed by atoms with Crippen molar-refractivity contribution in [3.8, 4) is 0 Å². The summed E-state index contributed by atoms with van der Waals surface area (Å²) in [6.45, 7) is 3.70. The van der Waals surface area contributed by atoms with Crippen LogP contribution < -0.4 is 5.32 Å². The number of amides is 1. The van der Waals surface area contributed by atoms with Gasteiger partial charge in [-0.3, -0.25) is 9.59 Å². The fourth-order valence-corrected chi connectivity index (χ4v) is 6.89. The largest absolute Gasteiger partial charge is 0.452 e. The molecule has 0 radical (unpaired) electrons. The van der Waals surface area contributed by atoms with Crippen LogP contribution in [0.3, 0.4) is 0 Å². The third-order valence-electron chi connectivity index (χ3n) is 5.69. The predicted molar refractivity (Wildman–Crippen MR) is 113 cm³/mol. The van der Waals surface area contributed by atoms with Crippen molar-refractivity contribution in [3.63, 3.8) is 0 Å². The van der Waals surface area contributed by atoms with E-state index in [-0.39, 0.29) is 29.5 Å². The molecule has 2 aliphatic heterocycles. The molecule has 1 aromatic rings. The molecule has 1 N–H and O–H groups in total. The number of esters is 1. The van der Waals surface area contributed by atoms with E-state index < -0.39 is 49.8 Å². The number of rotatable bonds is 6. The maximum Gasteiger partial charge on any atom is 0.309 e. The average Bonchev–Trinajstić information content (AvgIpc) is 3.06. The number of hydrogen-bond acceptors (Lipinski definition) is 7. The van der Waals surface area contributed by atoms with Gasteiger partial charge in [0.15, 0.2) is 15.9 Å². The summed E-state index contributed by atoms with van der Waals surface area (Å²) in [5.74, 6) is -1.64. The van der Waals surface area contributed by atoms with Crippen LogP contribution in [0.5, 0.6) is 0 Å². The number of benzene rings is 1. The second-order valence-electron chi connectivity index (χ2n) is 8.18. The number of nitrogens with zero attached hydrogens (tertiary/aromatic N) is 1. The summed E-state index contributed by atoms with van der Waals surface area (Å²) in [5, 5.41) is 2.61. The molecule has 9 nitrogen and oxygen atoms in total. The summed E-state index contributed by atoms with van der Waals surface area (Å²) in [4.78, 5) is 24.9. The highest BCUT2D eigenvalue weighted by Crippen LogP contribution is 2.25. The van der Waals surface area contributed by atoms with Crippen molar-refractivity contribution in [2.45, 2.75) is 50.2 Å². The number of sulfone groups is 1. The van der Waals surface area contributed by atoms with E-state index in [1.165, 1.54) is 11.2 Å². The molecule has 2 saturated heterocycles. The fraction of sp³-hybridized carbons (Fsp3) is 0.600. The Balaban J connectivity index is 1.49. The number of piperidine rings is 1. The number of carbonyl (C=O) groups excluding carboxylic acids is 2. The Morgan fingerprint density at radius 2 is 1.74 bits per heavy atom. The molecule has 2 fully saturated rings. The average molecular weight is 473 g/mol. The number of hydrogen-bond donors (Lipinski definition) is 1. The van der Waals surface area contributed by atoms with Crippen molar-refractivity contribution in [1.29, 1.82) is 0 Å². The molecule has 2 atom stereocenters. The minimum Gasteiger partial charge on any atom is -0.452 e. The molecule has 0 saturated carbocycles. The van der Waals surface area contributed by atoms with Gasteiger partial charge in [0, 0.05) is 19.1 Å². The summed E-state index contributed by atoms with van der Waals surface area (Å²) < 4.78 is 55.1. The standard InChI is InChI=1S/C20H28N2O7S2/c1-14-3-5-18(6-4-14)31(27,28)22-10-7-16(8-11-22)20(24)29-15(2)19(23)21-17-9-12-30(25,26)13-17/h3-6,15-17H,7-13H2,1-2H3,(H,21,23)/t15-,17+/m1/s1. The highest BCUT2D eigenvalue weighted by atomic mass is 32.2. The van der Waals surface area contributed by atoms with Gasteiger partial charge in [0.25, 0.3) is 5.91 Å². The van der Waals surface area contributed by atoms with Crippen LogP contribution >= 0.6 is 0 Å². The van der Waals surface area contributed by atoms with Gasteiger partial charge in [0.2, 0.25) is 10.0 Å².